The predicted molar refractivity (Wildman–Crippen MR) is 96.1 cm³/mol. The second-order valence-electron chi connectivity index (χ2n) is 6.43. The minimum atomic E-state index is -4.43. The lowest BCUT2D eigenvalue weighted by Gasteiger charge is -2.13. The second-order valence-corrected chi connectivity index (χ2v) is 6.43. The van der Waals surface area contributed by atoms with Crippen LogP contribution in [0.5, 0.6) is 0 Å². The van der Waals surface area contributed by atoms with E-state index in [1.54, 1.807) is 35.8 Å². The molecular weight excluding hydrogens is 357 g/mol. The fourth-order valence-electron chi connectivity index (χ4n) is 2.92. The van der Waals surface area contributed by atoms with Gasteiger partial charge in [0, 0.05) is 11.6 Å². The van der Waals surface area contributed by atoms with E-state index in [2.05, 4.69) is 4.98 Å². The lowest BCUT2D eigenvalue weighted by Crippen LogP contribution is -2.07. The van der Waals surface area contributed by atoms with Gasteiger partial charge in [0.2, 0.25) is 0 Å². The number of benzene rings is 2. The van der Waals surface area contributed by atoms with Gasteiger partial charge in [-0.15, -0.1) is 0 Å². The van der Waals surface area contributed by atoms with E-state index in [1.807, 2.05) is 13.8 Å². The fraction of sp³-hybridized carbons (Fsp3) is 0.300. The summed E-state index contributed by atoms with van der Waals surface area (Å²) in [5.74, 6) is 0.137. The molecule has 27 heavy (non-hydrogen) atoms. The van der Waals surface area contributed by atoms with Crippen molar-refractivity contribution in [3.8, 4) is 5.69 Å². The molecule has 0 amide bonds. The Balaban J connectivity index is 2.20. The topological polar surface area (TPSA) is 44.1 Å². The number of ether oxygens (including phenoxy) is 1. The van der Waals surface area contributed by atoms with E-state index < -0.39 is 17.7 Å². The average Bonchev–Trinajstić information content (AvgIpc) is 3.00. The van der Waals surface area contributed by atoms with Crippen molar-refractivity contribution in [2.24, 2.45) is 0 Å². The summed E-state index contributed by atoms with van der Waals surface area (Å²) in [6.45, 7) is 5.81. The maximum atomic E-state index is 13.0. The molecule has 1 aromatic heterocycles. The summed E-state index contributed by atoms with van der Waals surface area (Å²) in [4.78, 5) is 16.5. The SMILES string of the molecule is CCOC(=O)c1cccc(-n2c(C(C)C)nc3cc(C(F)(F)F)ccc32)c1. The van der Waals surface area contributed by atoms with E-state index in [4.69, 9.17) is 4.74 Å². The van der Waals surface area contributed by atoms with Crippen LogP contribution in [0.15, 0.2) is 42.5 Å². The summed E-state index contributed by atoms with van der Waals surface area (Å²) in [5.41, 5.74) is 1.09. The number of aromatic nitrogens is 2. The summed E-state index contributed by atoms with van der Waals surface area (Å²) in [6, 6.07) is 10.3. The highest BCUT2D eigenvalue weighted by molar-refractivity contribution is 5.90. The Bertz CT molecular complexity index is 991. The van der Waals surface area contributed by atoms with Crippen molar-refractivity contribution in [2.75, 3.05) is 6.61 Å². The van der Waals surface area contributed by atoms with E-state index in [-0.39, 0.29) is 18.0 Å². The molecule has 0 radical (unpaired) electrons. The number of halogens is 3. The number of carbonyl (C=O) groups excluding carboxylic acids is 1. The number of alkyl halides is 3. The molecule has 0 N–H and O–H groups in total. The molecule has 0 bridgehead atoms. The van der Waals surface area contributed by atoms with E-state index in [0.717, 1.165) is 12.1 Å². The molecule has 3 aromatic rings. The minimum Gasteiger partial charge on any atom is -0.462 e. The number of carbonyl (C=O) groups is 1. The summed E-state index contributed by atoms with van der Waals surface area (Å²) in [7, 11) is 0. The van der Waals surface area contributed by atoms with Crippen molar-refractivity contribution in [3.05, 3.63) is 59.4 Å². The van der Waals surface area contributed by atoms with Crippen LogP contribution in [0.2, 0.25) is 0 Å². The Morgan fingerprint density at radius 1 is 1.19 bits per heavy atom. The molecule has 142 valence electrons. The van der Waals surface area contributed by atoms with Crippen LogP contribution in [-0.4, -0.2) is 22.1 Å². The number of imidazole rings is 1. The lowest BCUT2D eigenvalue weighted by atomic mass is 10.1. The van der Waals surface area contributed by atoms with Crippen LogP contribution in [-0.2, 0) is 10.9 Å². The van der Waals surface area contributed by atoms with Crippen LogP contribution in [0.3, 0.4) is 0 Å². The third-order valence-corrected chi connectivity index (χ3v) is 4.14. The molecule has 4 nitrogen and oxygen atoms in total. The lowest BCUT2D eigenvalue weighted by molar-refractivity contribution is -0.137. The fourth-order valence-corrected chi connectivity index (χ4v) is 2.92. The Kier molecular flexibility index (Phi) is 4.95. The quantitative estimate of drug-likeness (QED) is 0.577. The van der Waals surface area contributed by atoms with Gasteiger partial charge in [-0.05, 0) is 43.3 Å². The average molecular weight is 376 g/mol. The van der Waals surface area contributed by atoms with E-state index in [1.165, 1.54) is 6.07 Å². The zero-order valence-electron chi connectivity index (χ0n) is 15.2. The maximum Gasteiger partial charge on any atom is 0.416 e. The van der Waals surface area contributed by atoms with Gasteiger partial charge in [-0.1, -0.05) is 19.9 Å². The van der Waals surface area contributed by atoms with Crippen LogP contribution >= 0.6 is 0 Å². The normalized spacial score (nSPS) is 12.0. The molecule has 0 fully saturated rings. The molecule has 7 heteroatoms. The van der Waals surface area contributed by atoms with Gasteiger partial charge in [0.25, 0.3) is 0 Å². The third kappa shape index (κ3) is 3.67. The van der Waals surface area contributed by atoms with Crippen molar-refractivity contribution in [2.45, 2.75) is 32.9 Å². The molecule has 0 saturated carbocycles. The molecule has 0 spiro atoms. The van der Waals surface area contributed by atoms with Gasteiger partial charge in [0.05, 0.1) is 28.8 Å². The smallest absolute Gasteiger partial charge is 0.416 e. The highest BCUT2D eigenvalue weighted by Crippen LogP contribution is 2.33. The first-order valence-corrected chi connectivity index (χ1v) is 8.59. The highest BCUT2D eigenvalue weighted by Gasteiger charge is 2.31. The molecule has 1 heterocycles. The molecule has 0 unspecified atom stereocenters. The van der Waals surface area contributed by atoms with E-state index in [9.17, 15) is 18.0 Å². The number of hydrogen-bond donors (Lipinski definition) is 0. The number of esters is 1. The van der Waals surface area contributed by atoms with Gasteiger partial charge in [-0.25, -0.2) is 9.78 Å². The van der Waals surface area contributed by atoms with Gasteiger partial charge in [0.15, 0.2) is 0 Å². The maximum absolute atomic E-state index is 13.0. The summed E-state index contributed by atoms with van der Waals surface area (Å²) in [6.07, 6.45) is -4.43. The zero-order valence-corrected chi connectivity index (χ0v) is 15.2. The van der Waals surface area contributed by atoms with E-state index in [0.29, 0.717) is 22.6 Å². The van der Waals surface area contributed by atoms with Crippen molar-refractivity contribution < 1.29 is 22.7 Å². The molecule has 0 aliphatic heterocycles. The standard InChI is InChI=1S/C20H19F3N2O2/c1-4-27-19(26)13-6-5-7-15(10-13)25-17-9-8-14(20(21,22)23)11-16(17)24-18(25)12(2)3/h5-12H,4H2,1-3H3. The Labute approximate surface area is 154 Å². The van der Waals surface area contributed by atoms with Crippen molar-refractivity contribution in [1.29, 1.82) is 0 Å². The van der Waals surface area contributed by atoms with Crippen molar-refractivity contribution in [1.82, 2.24) is 9.55 Å². The summed E-state index contributed by atoms with van der Waals surface area (Å²) in [5, 5.41) is 0. The predicted octanol–water partition coefficient (Wildman–Crippen LogP) is 5.34. The van der Waals surface area contributed by atoms with E-state index >= 15 is 0 Å². The molecule has 3 rings (SSSR count). The van der Waals surface area contributed by atoms with Crippen LogP contribution in [0, 0.1) is 0 Å². The van der Waals surface area contributed by atoms with Gasteiger partial charge < -0.3 is 4.74 Å². The summed E-state index contributed by atoms with van der Waals surface area (Å²) >= 11 is 0. The van der Waals surface area contributed by atoms with Gasteiger partial charge >= 0.3 is 12.1 Å². The summed E-state index contributed by atoms with van der Waals surface area (Å²) < 4.78 is 45.9. The van der Waals surface area contributed by atoms with Crippen LogP contribution < -0.4 is 0 Å². The van der Waals surface area contributed by atoms with Crippen LogP contribution in [0.1, 0.15) is 48.4 Å². The first-order chi connectivity index (χ1) is 12.7. The molecule has 2 aromatic carbocycles. The Morgan fingerprint density at radius 2 is 1.93 bits per heavy atom. The first-order valence-electron chi connectivity index (χ1n) is 8.59. The number of rotatable bonds is 4. The van der Waals surface area contributed by atoms with Crippen LogP contribution in [0.25, 0.3) is 16.7 Å². The minimum absolute atomic E-state index is 0.0296. The molecule has 0 atom stereocenters. The number of nitrogens with zero attached hydrogens (tertiary/aromatic N) is 2. The third-order valence-electron chi connectivity index (χ3n) is 4.14. The van der Waals surface area contributed by atoms with Gasteiger partial charge in [0.1, 0.15) is 5.82 Å². The largest absolute Gasteiger partial charge is 0.462 e. The molecule has 0 saturated heterocycles. The monoisotopic (exact) mass is 376 g/mol. The van der Waals surface area contributed by atoms with Crippen molar-refractivity contribution >= 4 is 17.0 Å². The molecule has 0 aliphatic carbocycles. The first kappa shape index (κ1) is 18.9. The molecule has 0 aliphatic rings. The van der Waals surface area contributed by atoms with Gasteiger partial charge in [-0.2, -0.15) is 13.2 Å². The van der Waals surface area contributed by atoms with Crippen LogP contribution in [0.4, 0.5) is 13.2 Å². The zero-order chi connectivity index (χ0) is 19.8. The highest BCUT2D eigenvalue weighted by atomic mass is 19.4. The van der Waals surface area contributed by atoms with Gasteiger partial charge in [-0.3, -0.25) is 4.57 Å². The second kappa shape index (κ2) is 7.06. The number of fused-ring (bicyclic) bond motifs is 1. The number of hydrogen-bond acceptors (Lipinski definition) is 3. The Morgan fingerprint density at radius 3 is 2.56 bits per heavy atom. The molecular formula is C20H19F3N2O2. The van der Waals surface area contributed by atoms with Crippen molar-refractivity contribution in [3.63, 3.8) is 0 Å². The Hall–Kier alpha value is -2.83.